The number of hydrogen-bond acceptors (Lipinski definition) is 6. The van der Waals surface area contributed by atoms with Crippen LogP contribution in [0.4, 0.5) is 0 Å². The first kappa shape index (κ1) is 27.5. The fourth-order valence-corrected chi connectivity index (χ4v) is 6.32. The van der Waals surface area contributed by atoms with Crippen molar-refractivity contribution in [3.8, 4) is 0 Å². The van der Waals surface area contributed by atoms with Gasteiger partial charge in [-0.1, -0.05) is 66.7 Å². The van der Waals surface area contributed by atoms with Crippen molar-refractivity contribution >= 4 is 21.9 Å². The van der Waals surface area contributed by atoms with Crippen molar-refractivity contribution < 1.29 is 22.7 Å². The van der Waals surface area contributed by atoms with Crippen molar-refractivity contribution in [3.63, 3.8) is 0 Å². The molecule has 0 bridgehead atoms. The van der Waals surface area contributed by atoms with Gasteiger partial charge in [0.2, 0.25) is 10.0 Å². The van der Waals surface area contributed by atoms with E-state index in [1.165, 1.54) is 4.31 Å². The van der Waals surface area contributed by atoms with Crippen LogP contribution in [0.3, 0.4) is 0 Å². The molecule has 0 radical (unpaired) electrons. The molecular weight excluding hydrogens is 502 g/mol. The lowest BCUT2D eigenvalue weighted by Crippen LogP contribution is -2.50. The zero-order valence-electron chi connectivity index (χ0n) is 21.2. The number of sulfonamides is 1. The van der Waals surface area contributed by atoms with Gasteiger partial charge in [0.1, 0.15) is 6.04 Å². The Balaban J connectivity index is 1.47. The molecule has 1 aliphatic heterocycles. The maximum atomic E-state index is 13.4. The van der Waals surface area contributed by atoms with E-state index in [4.69, 9.17) is 4.74 Å². The van der Waals surface area contributed by atoms with Gasteiger partial charge in [0.25, 0.3) is 5.91 Å². The smallest absolute Gasteiger partial charge is 0.325 e. The minimum atomic E-state index is -3.76. The van der Waals surface area contributed by atoms with Crippen LogP contribution in [0.25, 0.3) is 0 Å². The van der Waals surface area contributed by atoms with E-state index in [1.807, 2.05) is 42.5 Å². The second-order valence-electron chi connectivity index (χ2n) is 9.39. The average Bonchev–Trinajstić information content (AvgIpc) is 2.95. The molecule has 1 aromatic heterocycles. The zero-order chi connectivity index (χ0) is 26.8. The highest BCUT2D eigenvalue weighted by Crippen LogP contribution is 2.25. The molecule has 0 saturated carbocycles. The van der Waals surface area contributed by atoms with Crippen LogP contribution in [0, 0.1) is 0 Å². The molecule has 3 aromatic rings. The monoisotopic (exact) mass is 535 g/mol. The number of carbonyl (C=O) groups is 2. The molecular formula is C29H33N3O5S. The lowest BCUT2D eigenvalue weighted by atomic mass is 10.0. The maximum Gasteiger partial charge on any atom is 0.325 e. The molecule has 2 aromatic carbocycles. The summed E-state index contributed by atoms with van der Waals surface area (Å²) in [4.78, 5) is 30.6. The number of pyridine rings is 1. The Morgan fingerprint density at radius 3 is 2.32 bits per heavy atom. The Bertz CT molecular complexity index is 1290. The minimum Gasteiger partial charge on any atom is -0.451 e. The molecule has 0 aliphatic carbocycles. The van der Waals surface area contributed by atoms with E-state index in [0.717, 1.165) is 11.1 Å². The number of benzene rings is 2. The number of rotatable bonds is 11. The molecule has 1 amide bonds. The molecule has 0 unspecified atom stereocenters. The summed E-state index contributed by atoms with van der Waals surface area (Å²) in [5.41, 5.74) is 2.48. The number of carbonyl (C=O) groups excluding carboxylic acids is 2. The van der Waals surface area contributed by atoms with Crippen LogP contribution < -0.4 is 5.32 Å². The largest absolute Gasteiger partial charge is 0.451 e. The molecule has 9 heteroatoms. The number of hydrogen-bond donors (Lipinski definition) is 1. The number of ether oxygens (including phenoxy) is 1. The van der Waals surface area contributed by atoms with E-state index in [9.17, 15) is 18.0 Å². The predicted molar refractivity (Wildman–Crippen MR) is 144 cm³/mol. The van der Waals surface area contributed by atoms with E-state index in [-0.39, 0.29) is 25.3 Å². The van der Waals surface area contributed by atoms with Crippen molar-refractivity contribution in [2.75, 3.05) is 6.54 Å². The third kappa shape index (κ3) is 7.72. The van der Waals surface area contributed by atoms with Crippen LogP contribution in [-0.4, -0.2) is 48.3 Å². The third-order valence-electron chi connectivity index (χ3n) is 6.55. The van der Waals surface area contributed by atoms with Crippen LogP contribution in [-0.2, 0) is 43.1 Å². The molecule has 1 fully saturated rings. The standard InChI is InChI=1S/C29H33N3O5S/c33-28(31-21-25-14-9-18-30-20-25)27(17-16-23-10-3-1-4-11-23)37-29(34)26-15-7-8-19-32(26)38(35,36)22-24-12-5-2-6-13-24/h1-6,9-14,18,20,26-27H,7-8,15-17,19,21-22H2,(H,31,33)/t26-,27+/m0/s1. The number of nitrogens with one attached hydrogen (secondary N) is 1. The SMILES string of the molecule is O=C(NCc1cccnc1)[C@@H](CCc1ccccc1)OC(=O)[C@@H]1CCCCN1S(=O)(=O)Cc1ccccc1. The molecule has 200 valence electrons. The average molecular weight is 536 g/mol. The Hall–Kier alpha value is -3.56. The molecule has 0 spiro atoms. The number of amides is 1. The van der Waals surface area contributed by atoms with Gasteiger partial charge in [0.15, 0.2) is 6.10 Å². The molecule has 8 nitrogen and oxygen atoms in total. The quantitative estimate of drug-likeness (QED) is 0.376. The van der Waals surface area contributed by atoms with Gasteiger partial charge in [0.05, 0.1) is 5.75 Å². The summed E-state index contributed by atoms with van der Waals surface area (Å²) in [5, 5.41) is 2.83. The lowest BCUT2D eigenvalue weighted by molar-refractivity contribution is -0.160. The molecule has 2 heterocycles. The zero-order valence-corrected chi connectivity index (χ0v) is 22.1. The summed E-state index contributed by atoms with van der Waals surface area (Å²) >= 11 is 0. The second kappa shape index (κ2) is 13.3. The van der Waals surface area contributed by atoms with Gasteiger partial charge in [0, 0.05) is 25.5 Å². The van der Waals surface area contributed by atoms with Gasteiger partial charge in [-0.15, -0.1) is 0 Å². The van der Waals surface area contributed by atoms with Crippen molar-refractivity contribution in [1.29, 1.82) is 0 Å². The Morgan fingerprint density at radius 1 is 0.947 bits per heavy atom. The Morgan fingerprint density at radius 2 is 1.63 bits per heavy atom. The molecule has 4 rings (SSSR count). The van der Waals surface area contributed by atoms with E-state index >= 15 is 0 Å². The van der Waals surface area contributed by atoms with Crippen molar-refractivity contribution in [3.05, 3.63) is 102 Å². The molecule has 2 atom stereocenters. The van der Waals surface area contributed by atoms with Crippen LogP contribution in [0.15, 0.2) is 85.2 Å². The number of piperidine rings is 1. The van der Waals surface area contributed by atoms with Gasteiger partial charge in [-0.25, -0.2) is 8.42 Å². The van der Waals surface area contributed by atoms with E-state index in [1.54, 1.807) is 42.7 Å². The summed E-state index contributed by atoms with van der Waals surface area (Å²) in [7, 11) is -3.76. The first-order chi connectivity index (χ1) is 18.4. The summed E-state index contributed by atoms with van der Waals surface area (Å²) < 4.78 is 33.6. The normalized spacial score (nSPS) is 16.9. The number of nitrogens with zero attached hydrogens (tertiary/aromatic N) is 2. The number of aryl methyl sites for hydroxylation is 1. The van der Waals surface area contributed by atoms with Gasteiger partial charge in [-0.05, 0) is 54.9 Å². The van der Waals surface area contributed by atoms with Gasteiger partial charge in [-0.2, -0.15) is 4.31 Å². The van der Waals surface area contributed by atoms with Crippen LogP contribution in [0.5, 0.6) is 0 Å². The van der Waals surface area contributed by atoms with E-state index in [2.05, 4.69) is 10.3 Å². The number of aromatic nitrogens is 1. The third-order valence-corrected chi connectivity index (χ3v) is 8.40. The highest BCUT2D eigenvalue weighted by Gasteiger charge is 2.39. The molecule has 38 heavy (non-hydrogen) atoms. The molecule has 1 N–H and O–H groups in total. The van der Waals surface area contributed by atoms with Crippen LogP contribution in [0.2, 0.25) is 0 Å². The maximum absolute atomic E-state index is 13.4. The molecule has 1 saturated heterocycles. The van der Waals surface area contributed by atoms with Gasteiger partial charge in [-0.3, -0.25) is 14.6 Å². The fraction of sp³-hybridized carbons (Fsp3) is 0.345. The lowest BCUT2D eigenvalue weighted by Gasteiger charge is -2.34. The minimum absolute atomic E-state index is 0.194. The van der Waals surface area contributed by atoms with Crippen LogP contribution in [0.1, 0.15) is 42.4 Å². The summed E-state index contributed by atoms with van der Waals surface area (Å²) in [6, 6.07) is 21.2. The second-order valence-corrected chi connectivity index (χ2v) is 11.3. The topological polar surface area (TPSA) is 106 Å². The summed E-state index contributed by atoms with van der Waals surface area (Å²) in [6.45, 7) is 0.490. The fourth-order valence-electron chi connectivity index (χ4n) is 4.55. The van der Waals surface area contributed by atoms with E-state index < -0.39 is 34.0 Å². The Kier molecular flexibility index (Phi) is 9.62. The predicted octanol–water partition coefficient (Wildman–Crippen LogP) is 3.63. The van der Waals surface area contributed by atoms with Crippen LogP contribution >= 0.6 is 0 Å². The first-order valence-corrected chi connectivity index (χ1v) is 14.5. The summed E-state index contributed by atoms with van der Waals surface area (Å²) in [6.07, 6.45) is 4.79. The number of esters is 1. The van der Waals surface area contributed by atoms with Crippen molar-refractivity contribution in [2.24, 2.45) is 0 Å². The highest BCUT2D eigenvalue weighted by molar-refractivity contribution is 7.88. The van der Waals surface area contributed by atoms with Crippen molar-refractivity contribution in [1.82, 2.24) is 14.6 Å². The van der Waals surface area contributed by atoms with E-state index in [0.29, 0.717) is 31.2 Å². The Labute approximate surface area is 224 Å². The first-order valence-electron chi connectivity index (χ1n) is 12.9. The highest BCUT2D eigenvalue weighted by atomic mass is 32.2. The van der Waals surface area contributed by atoms with Gasteiger partial charge < -0.3 is 10.1 Å². The van der Waals surface area contributed by atoms with Gasteiger partial charge >= 0.3 is 5.97 Å². The van der Waals surface area contributed by atoms with Crippen molar-refractivity contribution in [2.45, 2.75) is 56.5 Å². The molecule has 1 aliphatic rings. The summed E-state index contributed by atoms with van der Waals surface area (Å²) in [5.74, 6) is -1.30.